The molecule has 20 heavy (non-hydrogen) atoms. The first-order chi connectivity index (χ1) is 9.41. The zero-order valence-electron chi connectivity index (χ0n) is 11.2. The van der Waals surface area contributed by atoms with Crippen molar-refractivity contribution in [1.29, 1.82) is 0 Å². The van der Waals surface area contributed by atoms with Crippen LogP contribution < -0.4 is 5.32 Å². The fourth-order valence-electron chi connectivity index (χ4n) is 2.31. The molecule has 2 rings (SSSR count). The van der Waals surface area contributed by atoms with Gasteiger partial charge in [0.15, 0.2) is 0 Å². The number of hydrogen-bond acceptors (Lipinski definition) is 3. The number of nitrogens with zero attached hydrogens (tertiary/aromatic N) is 1. The molecule has 0 bridgehead atoms. The van der Waals surface area contributed by atoms with E-state index in [1.165, 1.54) is 4.31 Å². The zero-order chi connectivity index (χ0) is 14.8. The minimum atomic E-state index is -3.36. The maximum absolute atomic E-state index is 12.2. The predicted octanol–water partition coefficient (Wildman–Crippen LogP) is 1.03. The first-order valence-electron chi connectivity index (χ1n) is 6.26. The minimum Gasteiger partial charge on any atom is -0.325 e. The molecular formula is C14H16N2O3S. The first-order valence-corrected chi connectivity index (χ1v) is 8.11. The maximum atomic E-state index is 12.2. The van der Waals surface area contributed by atoms with Crippen molar-refractivity contribution in [1.82, 2.24) is 4.31 Å². The molecule has 106 valence electrons. The summed E-state index contributed by atoms with van der Waals surface area (Å²) >= 11 is 0. The largest absolute Gasteiger partial charge is 0.325 e. The van der Waals surface area contributed by atoms with Crippen LogP contribution in [0.5, 0.6) is 0 Å². The van der Waals surface area contributed by atoms with E-state index in [9.17, 15) is 13.2 Å². The van der Waals surface area contributed by atoms with Crippen molar-refractivity contribution in [3.05, 3.63) is 29.8 Å². The van der Waals surface area contributed by atoms with Crippen LogP contribution in [-0.2, 0) is 14.8 Å². The fourth-order valence-corrected chi connectivity index (χ4v) is 3.44. The summed E-state index contributed by atoms with van der Waals surface area (Å²) < 4.78 is 24.5. The van der Waals surface area contributed by atoms with Crippen molar-refractivity contribution in [3.8, 4) is 12.3 Å². The maximum Gasteiger partial charge on any atom is 0.242 e. The van der Waals surface area contributed by atoms with Crippen LogP contribution in [-0.4, -0.2) is 37.5 Å². The van der Waals surface area contributed by atoms with Gasteiger partial charge in [-0.2, -0.15) is 4.31 Å². The summed E-state index contributed by atoms with van der Waals surface area (Å²) in [6.45, 7) is 0.390. The lowest BCUT2D eigenvalue weighted by molar-refractivity contribution is -0.119. The smallest absolute Gasteiger partial charge is 0.242 e. The molecule has 6 heteroatoms. The van der Waals surface area contributed by atoms with Crippen LogP contribution in [0.15, 0.2) is 24.3 Å². The number of nitrogens with one attached hydrogen (secondary N) is 1. The van der Waals surface area contributed by atoms with E-state index in [-0.39, 0.29) is 5.91 Å². The second kappa shape index (κ2) is 5.65. The Morgan fingerprint density at radius 1 is 1.50 bits per heavy atom. The number of hydrogen-bond donors (Lipinski definition) is 1. The third kappa shape index (κ3) is 3.18. The van der Waals surface area contributed by atoms with Gasteiger partial charge in [-0.1, -0.05) is 12.0 Å². The van der Waals surface area contributed by atoms with Gasteiger partial charge in [-0.3, -0.25) is 4.79 Å². The van der Waals surface area contributed by atoms with Crippen molar-refractivity contribution in [2.45, 2.75) is 18.9 Å². The van der Waals surface area contributed by atoms with Crippen LogP contribution in [0.25, 0.3) is 0 Å². The summed E-state index contributed by atoms with van der Waals surface area (Å²) in [4.78, 5) is 12.2. The minimum absolute atomic E-state index is 0.318. The topological polar surface area (TPSA) is 66.5 Å². The monoisotopic (exact) mass is 292 g/mol. The average molecular weight is 292 g/mol. The lowest BCUT2D eigenvalue weighted by Crippen LogP contribution is -2.42. The molecule has 0 aromatic heterocycles. The Bertz CT molecular complexity index is 661. The van der Waals surface area contributed by atoms with E-state index in [1.54, 1.807) is 24.3 Å². The van der Waals surface area contributed by atoms with E-state index >= 15 is 0 Å². The van der Waals surface area contributed by atoms with E-state index in [0.29, 0.717) is 30.6 Å². The molecule has 1 N–H and O–H groups in total. The van der Waals surface area contributed by atoms with E-state index < -0.39 is 16.1 Å². The van der Waals surface area contributed by atoms with Crippen LogP contribution in [0, 0.1) is 12.3 Å². The highest BCUT2D eigenvalue weighted by molar-refractivity contribution is 7.88. The molecule has 1 saturated heterocycles. The number of carbonyl (C=O) groups excluding carboxylic acids is 1. The van der Waals surface area contributed by atoms with Crippen LogP contribution in [0.3, 0.4) is 0 Å². The van der Waals surface area contributed by atoms with Gasteiger partial charge in [0.25, 0.3) is 0 Å². The van der Waals surface area contributed by atoms with Crippen molar-refractivity contribution in [2.24, 2.45) is 0 Å². The first kappa shape index (κ1) is 14.6. The Morgan fingerprint density at radius 2 is 2.25 bits per heavy atom. The van der Waals surface area contributed by atoms with Crippen LogP contribution in [0.4, 0.5) is 5.69 Å². The summed E-state index contributed by atoms with van der Waals surface area (Å²) in [5.41, 5.74) is 1.24. The molecule has 1 heterocycles. The van der Waals surface area contributed by atoms with Gasteiger partial charge in [0, 0.05) is 17.8 Å². The molecule has 1 atom stereocenters. The summed E-state index contributed by atoms with van der Waals surface area (Å²) in [5, 5.41) is 2.72. The summed E-state index contributed by atoms with van der Waals surface area (Å²) in [6, 6.07) is 6.26. The highest BCUT2D eigenvalue weighted by Gasteiger charge is 2.36. The van der Waals surface area contributed by atoms with Gasteiger partial charge in [0.1, 0.15) is 6.04 Å². The van der Waals surface area contributed by atoms with Crippen molar-refractivity contribution < 1.29 is 13.2 Å². The molecule has 1 aliphatic rings. The Hall–Kier alpha value is -1.84. The van der Waals surface area contributed by atoms with Crippen molar-refractivity contribution in [3.63, 3.8) is 0 Å². The van der Waals surface area contributed by atoms with Gasteiger partial charge in [-0.25, -0.2) is 8.42 Å². The van der Waals surface area contributed by atoms with Gasteiger partial charge in [0.2, 0.25) is 15.9 Å². The highest BCUT2D eigenvalue weighted by Crippen LogP contribution is 2.22. The molecule has 0 aliphatic carbocycles. The van der Waals surface area contributed by atoms with Gasteiger partial charge >= 0.3 is 0 Å². The summed E-state index contributed by atoms with van der Waals surface area (Å²) in [5.74, 6) is 2.17. The second-order valence-electron chi connectivity index (χ2n) is 4.75. The molecule has 1 amide bonds. The Balaban J connectivity index is 2.14. The zero-order valence-corrected chi connectivity index (χ0v) is 12.0. The molecule has 1 aliphatic heterocycles. The van der Waals surface area contributed by atoms with Crippen LogP contribution >= 0.6 is 0 Å². The number of carbonyl (C=O) groups is 1. The standard InChI is InChI=1S/C14H16N2O3S/c1-3-11-6-4-7-12(10-11)15-14(17)13-8-5-9-16(13)20(2,18)19/h1,4,6-7,10,13H,5,8-9H2,2H3,(H,15,17)/t13-/m0/s1. The number of anilines is 1. The SMILES string of the molecule is C#Cc1cccc(NC(=O)[C@@H]2CCCN2S(C)(=O)=O)c1. The van der Waals surface area contributed by atoms with Crippen molar-refractivity contribution >= 4 is 21.6 Å². The Labute approximate surface area is 119 Å². The lowest BCUT2D eigenvalue weighted by atomic mass is 10.2. The quantitative estimate of drug-likeness (QED) is 0.846. The fraction of sp³-hybridized carbons (Fsp3) is 0.357. The van der Waals surface area contributed by atoms with E-state index in [1.807, 2.05) is 0 Å². The van der Waals surface area contributed by atoms with Crippen LogP contribution in [0.2, 0.25) is 0 Å². The number of rotatable bonds is 3. The Morgan fingerprint density at radius 3 is 2.90 bits per heavy atom. The molecular weight excluding hydrogens is 276 g/mol. The van der Waals surface area contributed by atoms with Gasteiger partial charge in [-0.15, -0.1) is 6.42 Å². The summed E-state index contributed by atoms with van der Waals surface area (Å²) in [6.07, 6.45) is 7.65. The Kier molecular flexibility index (Phi) is 4.12. The number of benzene rings is 1. The van der Waals surface area contributed by atoms with E-state index in [4.69, 9.17) is 6.42 Å². The van der Waals surface area contributed by atoms with Gasteiger partial charge in [0.05, 0.1) is 6.26 Å². The van der Waals surface area contributed by atoms with E-state index in [2.05, 4.69) is 11.2 Å². The number of amides is 1. The highest BCUT2D eigenvalue weighted by atomic mass is 32.2. The molecule has 1 aromatic rings. The van der Waals surface area contributed by atoms with Crippen LogP contribution in [0.1, 0.15) is 18.4 Å². The summed E-state index contributed by atoms with van der Waals surface area (Å²) in [7, 11) is -3.36. The second-order valence-corrected chi connectivity index (χ2v) is 6.68. The molecule has 5 nitrogen and oxygen atoms in total. The number of sulfonamides is 1. The van der Waals surface area contributed by atoms with Gasteiger partial charge in [-0.05, 0) is 31.0 Å². The third-order valence-electron chi connectivity index (χ3n) is 3.23. The molecule has 0 spiro atoms. The molecule has 1 fully saturated rings. The van der Waals surface area contributed by atoms with Crippen molar-refractivity contribution in [2.75, 3.05) is 18.1 Å². The number of terminal acetylenes is 1. The molecule has 0 unspecified atom stereocenters. The van der Waals surface area contributed by atoms with E-state index in [0.717, 1.165) is 6.26 Å². The van der Waals surface area contributed by atoms with Gasteiger partial charge < -0.3 is 5.32 Å². The molecule has 0 radical (unpaired) electrons. The lowest BCUT2D eigenvalue weighted by Gasteiger charge is -2.21. The predicted molar refractivity (Wildman–Crippen MR) is 77.6 cm³/mol. The normalized spacial score (nSPS) is 19.5. The molecule has 1 aromatic carbocycles. The average Bonchev–Trinajstić information content (AvgIpc) is 2.88. The molecule has 0 saturated carbocycles. The third-order valence-corrected chi connectivity index (χ3v) is 4.52.